The molecular formula is C14H23N3OS. The Balaban J connectivity index is 1.80. The highest BCUT2D eigenvalue weighted by molar-refractivity contribution is 7.13. The van der Waals surface area contributed by atoms with Gasteiger partial charge in [-0.05, 0) is 19.9 Å². The summed E-state index contributed by atoms with van der Waals surface area (Å²) in [5.74, 6) is -0.00260. The quantitative estimate of drug-likeness (QED) is 0.900. The zero-order valence-corrected chi connectivity index (χ0v) is 13.0. The van der Waals surface area contributed by atoms with Crippen molar-refractivity contribution in [2.24, 2.45) is 0 Å². The van der Waals surface area contributed by atoms with Crippen LogP contribution in [0.4, 0.5) is 0 Å². The van der Waals surface area contributed by atoms with Gasteiger partial charge in [0.15, 0.2) is 0 Å². The lowest BCUT2D eigenvalue weighted by molar-refractivity contribution is 0.0953. The molecule has 0 atom stereocenters. The molecule has 1 saturated carbocycles. The molecule has 106 valence electrons. The largest absolute Gasteiger partial charge is 0.350 e. The summed E-state index contributed by atoms with van der Waals surface area (Å²) in [6.45, 7) is 7.95. The lowest BCUT2D eigenvalue weighted by Gasteiger charge is -2.15. The molecular weight excluding hydrogens is 258 g/mol. The summed E-state index contributed by atoms with van der Waals surface area (Å²) in [4.78, 5) is 19.4. The third kappa shape index (κ3) is 4.01. The number of carbonyl (C=O) groups is 1. The van der Waals surface area contributed by atoms with Crippen molar-refractivity contribution in [3.63, 3.8) is 0 Å². The third-order valence-corrected chi connectivity index (χ3v) is 4.71. The number of aromatic nitrogens is 1. The van der Waals surface area contributed by atoms with Gasteiger partial charge in [0.2, 0.25) is 0 Å². The number of rotatable bonds is 5. The van der Waals surface area contributed by atoms with Crippen LogP contribution in [0.5, 0.6) is 0 Å². The Morgan fingerprint density at radius 2 is 2.21 bits per heavy atom. The molecule has 0 aromatic carbocycles. The number of thiazole rings is 1. The van der Waals surface area contributed by atoms with Gasteiger partial charge in [-0.3, -0.25) is 4.79 Å². The van der Waals surface area contributed by atoms with Crippen molar-refractivity contribution in [2.45, 2.75) is 45.1 Å². The lowest BCUT2D eigenvalue weighted by atomic mass is 9.98. The molecule has 0 unspecified atom stereocenters. The number of nitrogens with zero attached hydrogens (tertiary/aromatic N) is 2. The average molecular weight is 281 g/mol. The van der Waals surface area contributed by atoms with Crippen molar-refractivity contribution in [3.8, 4) is 0 Å². The van der Waals surface area contributed by atoms with Crippen molar-refractivity contribution < 1.29 is 4.79 Å². The molecule has 1 aromatic rings. The van der Waals surface area contributed by atoms with Crippen molar-refractivity contribution >= 4 is 17.2 Å². The van der Waals surface area contributed by atoms with Crippen LogP contribution >= 0.6 is 11.3 Å². The Morgan fingerprint density at radius 1 is 1.53 bits per heavy atom. The van der Waals surface area contributed by atoms with Crippen molar-refractivity contribution in [1.29, 1.82) is 0 Å². The minimum absolute atomic E-state index is 0.00260. The topological polar surface area (TPSA) is 45.2 Å². The van der Waals surface area contributed by atoms with Gasteiger partial charge in [-0.2, -0.15) is 0 Å². The summed E-state index contributed by atoms with van der Waals surface area (Å²) in [7, 11) is 2.12. The van der Waals surface area contributed by atoms with Crippen LogP contribution in [0, 0.1) is 0 Å². The molecule has 1 aliphatic rings. The molecule has 5 heteroatoms. The maximum atomic E-state index is 12.0. The van der Waals surface area contributed by atoms with Crippen LogP contribution in [-0.4, -0.2) is 42.0 Å². The van der Waals surface area contributed by atoms with Gasteiger partial charge in [-0.15, -0.1) is 11.3 Å². The van der Waals surface area contributed by atoms with E-state index >= 15 is 0 Å². The van der Waals surface area contributed by atoms with E-state index in [-0.39, 0.29) is 11.3 Å². The smallest absolute Gasteiger partial charge is 0.263 e. The van der Waals surface area contributed by atoms with Crippen LogP contribution < -0.4 is 5.32 Å². The summed E-state index contributed by atoms with van der Waals surface area (Å²) in [6.07, 6.45) is 4.29. The molecule has 0 bridgehead atoms. The first-order valence-corrected chi connectivity index (χ1v) is 7.64. The standard InChI is InChI=1S/C14H23N3OS/c1-14(2,3)13-16-9-11(19-13)12(18)15-7-8-17(4)10-5-6-10/h9-10H,5-8H2,1-4H3,(H,15,18). The maximum absolute atomic E-state index is 12.0. The summed E-state index contributed by atoms with van der Waals surface area (Å²) in [6, 6.07) is 0.743. The number of nitrogens with one attached hydrogen (secondary N) is 1. The molecule has 0 saturated heterocycles. The Bertz CT molecular complexity index is 446. The third-order valence-electron chi connectivity index (χ3n) is 3.29. The SMILES string of the molecule is CN(CCNC(=O)c1cnc(C(C)(C)C)s1)C1CC1. The Morgan fingerprint density at radius 3 is 2.74 bits per heavy atom. The molecule has 1 amide bonds. The summed E-state index contributed by atoms with van der Waals surface area (Å²) >= 11 is 1.49. The monoisotopic (exact) mass is 281 g/mol. The van der Waals surface area contributed by atoms with Gasteiger partial charge in [0, 0.05) is 24.5 Å². The second kappa shape index (κ2) is 5.59. The summed E-state index contributed by atoms with van der Waals surface area (Å²) < 4.78 is 0. The minimum Gasteiger partial charge on any atom is -0.350 e. The molecule has 1 fully saturated rings. The highest BCUT2D eigenvalue weighted by Gasteiger charge is 2.25. The lowest BCUT2D eigenvalue weighted by Crippen LogP contribution is -2.33. The van der Waals surface area contributed by atoms with Crippen LogP contribution in [0.1, 0.15) is 48.3 Å². The fourth-order valence-electron chi connectivity index (χ4n) is 1.86. The van der Waals surface area contributed by atoms with Gasteiger partial charge in [0.05, 0.1) is 11.2 Å². The second-order valence-corrected chi connectivity index (χ2v) is 7.28. The zero-order valence-electron chi connectivity index (χ0n) is 12.2. The molecule has 0 radical (unpaired) electrons. The Hall–Kier alpha value is -0.940. The number of hydrogen-bond donors (Lipinski definition) is 1. The van der Waals surface area contributed by atoms with Gasteiger partial charge >= 0.3 is 0 Å². The predicted molar refractivity (Wildman–Crippen MR) is 78.8 cm³/mol. The predicted octanol–water partition coefficient (Wildman–Crippen LogP) is 2.26. The normalized spacial score (nSPS) is 15.8. The highest BCUT2D eigenvalue weighted by Crippen LogP contribution is 2.27. The van der Waals surface area contributed by atoms with Crippen molar-refractivity contribution in [2.75, 3.05) is 20.1 Å². The highest BCUT2D eigenvalue weighted by atomic mass is 32.1. The van der Waals surface area contributed by atoms with Crippen molar-refractivity contribution in [3.05, 3.63) is 16.1 Å². The minimum atomic E-state index is -0.00260. The number of hydrogen-bond acceptors (Lipinski definition) is 4. The Labute approximate surface area is 119 Å². The van der Waals surface area contributed by atoms with Gasteiger partial charge in [-0.1, -0.05) is 20.8 Å². The molecule has 19 heavy (non-hydrogen) atoms. The van der Waals surface area contributed by atoms with E-state index in [2.05, 4.69) is 43.0 Å². The molecule has 1 N–H and O–H groups in total. The van der Waals surface area contributed by atoms with Crippen molar-refractivity contribution in [1.82, 2.24) is 15.2 Å². The van der Waals surface area contributed by atoms with E-state index in [4.69, 9.17) is 0 Å². The first-order valence-electron chi connectivity index (χ1n) is 6.82. The fraction of sp³-hybridized carbons (Fsp3) is 0.714. The van der Waals surface area contributed by atoms with Crippen LogP contribution in [0.3, 0.4) is 0 Å². The van der Waals surface area contributed by atoms with E-state index in [0.29, 0.717) is 11.4 Å². The maximum Gasteiger partial charge on any atom is 0.263 e. The molecule has 1 aromatic heterocycles. The summed E-state index contributed by atoms with van der Waals surface area (Å²) in [5.41, 5.74) is 0.00931. The van der Waals surface area contributed by atoms with Gasteiger partial charge in [0.1, 0.15) is 4.88 Å². The zero-order chi connectivity index (χ0) is 14.0. The average Bonchev–Trinajstić information content (AvgIpc) is 3.04. The molecule has 4 nitrogen and oxygen atoms in total. The first-order chi connectivity index (χ1) is 8.88. The fourth-order valence-corrected chi connectivity index (χ4v) is 2.75. The van der Waals surface area contributed by atoms with E-state index in [1.807, 2.05) is 0 Å². The van der Waals surface area contributed by atoms with Gasteiger partial charge in [-0.25, -0.2) is 4.98 Å². The number of likely N-dealkylation sites (N-methyl/N-ethyl adjacent to an activating group) is 1. The van der Waals surface area contributed by atoms with Crippen LogP contribution in [-0.2, 0) is 5.41 Å². The number of amides is 1. The van der Waals surface area contributed by atoms with E-state index < -0.39 is 0 Å². The summed E-state index contributed by atoms with van der Waals surface area (Å²) in [5, 5.41) is 3.97. The Kier molecular flexibility index (Phi) is 4.26. The van der Waals surface area contributed by atoms with E-state index in [1.54, 1.807) is 6.20 Å². The van der Waals surface area contributed by atoms with E-state index in [0.717, 1.165) is 17.6 Å². The number of carbonyl (C=O) groups excluding carboxylic acids is 1. The molecule has 0 aliphatic heterocycles. The van der Waals surface area contributed by atoms with E-state index in [1.165, 1.54) is 24.2 Å². The second-order valence-electron chi connectivity index (χ2n) is 6.25. The molecule has 1 heterocycles. The first kappa shape index (κ1) is 14.5. The van der Waals surface area contributed by atoms with E-state index in [9.17, 15) is 4.79 Å². The molecule has 0 spiro atoms. The van der Waals surface area contributed by atoms with Crippen LogP contribution in [0.15, 0.2) is 6.20 Å². The van der Waals surface area contributed by atoms with Gasteiger partial charge < -0.3 is 10.2 Å². The van der Waals surface area contributed by atoms with Gasteiger partial charge in [0.25, 0.3) is 5.91 Å². The molecule has 2 rings (SSSR count). The molecule has 1 aliphatic carbocycles. The van der Waals surface area contributed by atoms with Crippen LogP contribution in [0.2, 0.25) is 0 Å². The van der Waals surface area contributed by atoms with Crippen LogP contribution in [0.25, 0.3) is 0 Å².